The highest BCUT2D eigenvalue weighted by Crippen LogP contribution is 2.25. The van der Waals surface area contributed by atoms with E-state index in [-0.39, 0.29) is 23.4 Å². The molecule has 1 unspecified atom stereocenters. The van der Waals surface area contributed by atoms with Crippen LogP contribution in [0.5, 0.6) is 0 Å². The van der Waals surface area contributed by atoms with Gasteiger partial charge in [-0.2, -0.15) is 0 Å². The SMILES string of the molecule is CCc1ccc(C(C)NC(=O)CN(c2ccc(Br)cc2)S(=O)(=O)c2ccccc2)cc1. The molecule has 0 radical (unpaired) electrons. The van der Waals surface area contributed by atoms with Crippen LogP contribution in [0.2, 0.25) is 0 Å². The predicted octanol–water partition coefficient (Wildman–Crippen LogP) is 5.08. The molecule has 3 aromatic carbocycles. The van der Waals surface area contributed by atoms with Crippen molar-refractivity contribution >= 4 is 37.5 Å². The number of carbonyl (C=O) groups is 1. The highest BCUT2D eigenvalue weighted by atomic mass is 79.9. The lowest BCUT2D eigenvalue weighted by Gasteiger charge is -2.25. The van der Waals surface area contributed by atoms with E-state index in [1.54, 1.807) is 42.5 Å². The maximum Gasteiger partial charge on any atom is 0.264 e. The third kappa shape index (κ3) is 5.74. The summed E-state index contributed by atoms with van der Waals surface area (Å²) >= 11 is 3.36. The quantitative estimate of drug-likeness (QED) is 0.468. The molecule has 0 aliphatic carbocycles. The molecule has 1 atom stereocenters. The van der Waals surface area contributed by atoms with Gasteiger partial charge in [0.25, 0.3) is 10.0 Å². The van der Waals surface area contributed by atoms with Gasteiger partial charge in [0.05, 0.1) is 16.6 Å². The molecule has 0 fully saturated rings. The molecule has 0 heterocycles. The molecule has 0 aliphatic heterocycles. The molecule has 0 saturated heterocycles. The Hall–Kier alpha value is -2.64. The van der Waals surface area contributed by atoms with Gasteiger partial charge in [-0.3, -0.25) is 9.10 Å². The molecule has 0 bridgehead atoms. The zero-order valence-electron chi connectivity index (χ0n) is 17.5. The molecule has 0 aromatic heterocycles. The summed E-state index contributed by atoms with van der Waals surface area (Å²) in [5.41, 5.74) is 2.60. The smallest absolute Gasteiger partial charge is 0.264 e. The molecule has 0 saturated carbocycles. The fraction of sp³-hybridized carbons (Fsp3) is 0.208. The number of sulfonamides is 1. The van der Waals surface area contributed by atoms with Crippen molar-refractivity contribution in [2.24, 2.45) is 0 Å². The average molecular weight is 501 g/mol. The Kier molecular flexibility index (Phi) is 7.51. The summed E-state index contributed by atoms with van der Waals surface area (Å²) in [6, 6.07) is 22.8. The van der Waals surface area contributed by atoms with Crippen LogP contribution in [0.3, 0.4) is 0 Å². The van der Waals surface area contributed by atoms with Gasteiger partial charge >= 0.3 is 0 Å². The minimum atomic E-state index is -3.91. The van der Waals surface area contributed by atoms with Crippen molar-refractivity contribution in [3.05, 3.63) is 94.5 Å². The molecule has 1 N–H and O–H groups in total. The number of anilines is 1. The number of nitrogens with zero attached hydrogens (tertiary/aromatic N) is 1. The standard InChI is InChI=1S/C24H25BrN2O3S/c1-3-19-9-11-20(12-10-19)18(2)26-24(28)17-27(22-15-13-21(25)14-16-22)31(29,30)23-7-5-4-6-8-23/h4-16,18H,3,17H2,1-2H3,(H,26,28). The summed E-state index contributed by atoms with van der Waals surface area (Å²) in [5.74, 6) is -0.380. The van der Waals surface area contributed by atoms with Crippen LogP contribution in [0.15, 0.2) is 88.2 Å². The molecular weight excluding hydrogens is 476 g/mol. The highest BCUT2D eigenvalue weighted by molar-refractivity contribution is 9.10. The maximum atomic E-state index is 13.3. The summed E-state index contributed by atoms with van der Waals surface area (Å²) in [6.07, 6.45) is 0.945. The second-order valence-corrected chi connectivity index (χ2v) is 9.96. The van der Waals surface area contributed by atoms with E-state index in [4.69, 9.17) is 0 Å². The van der Waals surface area contributed by atoms with E-state index in [1.165, 1.54) is 17.7 Å². The van der Waals surface area contributed by atoms with Crippen molar-refractivity contribution in [1.29, 1.82) is 0 Å². The van der Waals surface area contributed by atoms with Gasteiger partial charge in [0, 0.05) is 4.47 Å². The van der Waals surface area contributed by atoms with Crippen molar-refractivity contribution in [1.82, 2.24) is 5.32 Å². The molecule has 31 heavy (non-hydrogen) atoms. The zero-order valence-corrected chi connectivity index (χ0v) is 19.9. The molecule has 162 valence electrons. The first-order valence-electron chi connectivity index (χ1n) is 10.0. The van der Waals surface area contributed by atoms with Crippen LogP contribution in [0.1, 0.15) is 31.0 Å². The summed E-state index contributed by atoms with van der Waals surface area (Å²) in [4.78, 5) is 13.0. The number of amides is 1. The topological polar surface area (TPSA) is 66.5 Å². The maximum absolute atomic E-state index is 13.3. The Labute approximate surface area is 192 Å². The van der Waals surface area contributed by atoms with E-state index in [9.17, 15) is 13.2 Å². The number of carbonyl (C=O) groups excluding carboxylic acids is 1. The summed E-state index contributed by atoms with van der Waals surface area (Å²) in [7, 11) is -3.91. The average Bonchev–Trinajstić information content (AvgIpc) is 2.78. The molecule has 0 spiro atoms. The molecule has 3 aromatic rings. The normalized spacial score (nSPS) is 12.2. The first-order chi connectivity index (χ1) is 14.8. The number of halogens is 1. The third-order valence-electron chi connectivity index (χ3n) is 5.00. The van der Waals surface area contributed by atoms with Crippen LogP contribution in [0.4, 0.5) is 5.69 Å². The molecule has 1 amide bonds. The van der Waals surface area contributed by atoms with Gasteiger partial charge in [-0.1, -0.05) is 65.3 Å². The predicted molar refractivity (Wildman–Crippen MR) is 127 cm³/mol. The van der Waals surface area contributed by atoms with Gasteiger partial charge in [0.15, 0.2) is 0 Å². The molecule has 7 heteroatoms. The third-order valence-corrected chi connectivity index (χ3v) is 7.32. The van der Waals surface area contributed by atoms with Gasteiger partial charge < -0.3 is 5.32 Å². The number of benzene rings is 3. The van der Waals surface area contributed by atoms with Crippen LogP contribution in [-0.2, 0) is 21.2 Å². The highest BCUT2D eigenvalue weighted by Gasteiger charge is 2.27. The van der Waals surface area contributed by atoms with Crippen LogP contribution in [0, 0.1) is 0 Å². The van der Waals surface area contributed by atoms with Gasteiger partial charge in [-0.05, 0) is 60.9 Å². The second kappa shape index (κ2) is 10.1. The van der Waals surface area contributed by atoms with E-state index >= 15 is 0 Å². The lowest BCUT2D eigenvalue weighted by Crippen LogP contribution is -2.41. The van der Waals surface area contributed by atoms with Gasteiger partial charge in [-0.25, -0.2) is 8.42 Å². The minimum Gasteiger partial charge on any atom is -0.348 e. The number of nitrogens with one attached hydrogen (secondary N) is 1. The van der Waals surface area contributed by atoms with E-state index < -0.39 is 10.0 Å². The van der Waals surface area contributed by atoms with Gasteiger partial charge in [0.2, 0.25) is 5.91 Å². The van der Waals surface area contributed by atoms with Crippen LogP contribution >= 0.6 is 15.9 Å². The van der Waals surface area contributed by atoms with Crippen molar-refractivity contribution in [3.63, 3.8) is 0 Å². The first-order valence-corrected chi connectivity index (χ1v) is 12.3. The number of hydrogen-bond donors (Lipinski definition) is 1. The van der Waals surface area contributed by atoms with Gasteiger partial charge in [-0.15, -0.1) is 0 Å². The minimum absolute atomic E-state index is 0.133. The summed E-state index contributed by atoms with van der Waals surface area (Å²) in [6.45, 7) is 3.65. The van der Waals surface area contributed by atoms with Crippen LogP contribution in [0.25, 0.3) is 0 Å². The number of rotatable bonds is 8. The lowest BCUT2D eigenvalue weighted by atomic mass is 10.1. The summed E-state index contributed by atoms with van der Waals surface area (Å²) in [5, 5.41) is 2.91. The Morgan fingerprint density at radius 2 is 1.58 bits per heavy atom. The first kappa shape index (κ1) is 23.0. The van der Waals surface area contributed by atoms with Crippen molar-refractivity contribution in [2.45, 2.75) is 31.2 Å². The lowest BCUT2D eigenvalue weighted by molar-refractivity contribution is -0.120. The largest absolute Gasteiger partial charge is 0.348 e. The monoisotopic (exact) mass is 500 g/mol. The molecule has 3 rings (SSSR count). The van der Waals surface area contributed by atoms with E-state index in [0.717, 1.165) is 20.8 Å². The molecule has 5 nitrogen and oxygen atoms in total. The fourth-order valence-corrected chi connectivity index (χ4v) is 4.89. The summed E-state index contributed by atoms with van der Waals surface area (Å²) < 4.78 is 28.6. The number of aryl methyl sites for hydroxylation is 1. The van der Waals surface area contributed by atoms with Crippen molar-refractivity contribution in [2.75, 3.05) is 10.8 Å². The van der Waals surface area contributed by atoms with Gasteiger partial charge in [0.1, 0.15) is 6.54 Å². The molecular formula is C24H25BrN2O3S. The second-order valence-electron chi connectivity index (χ2n) is 7.19. The Morgan fingerprint density at radius 1 is 0.968 bits per heavy atom. The zero-order chi connectivity index (χ0) is 22.4. The fourth-order valence-electron chi connectivity index (χ4n) is 3.19. The van der Waals surface area contributed by atoms with Crippen LogP contribution < -0.4 is 9.62 Å². The Morgan fingerprint density at radius 3 is 2.16 bits per heavy atom. The molecule has 0 aliphatic rings. The van der Waals surface area contributed by atoms with Crippen molar-refractivity contribution in [3.8, 4) is 0 Å². The van der Waals surface area contributed by atoms with Crippen LogP contribution in [-0.4, -0.2) is 20.9 Å². The Balaban J connectivity index is 1.84. The van der Waals surface area contributed by atoms with E-state index in [0.29, 0.717) is 5.69 Å². The van der Waals surface area contributed by atoms with E-state index in [2.05, 4.69) is 28.2 Å². The number of hydrogen-bond acceptors (Lipinski definition) is 3. The van der Waals surface area contributed by atoms with Crippen molar-refractivity contribution < 1.29 is 13.2 Å². The van der Waals surface area contributed by atoms with E-state index in [1.807, 2.05) is 31.2 Å². The Bertz CT molecular complexity index is 1120.